The summed E-state index contributed by atoms with van der Waals surface area (Å²) in [7, 11) is 1.89. The number of aryl methyl sites for hydroxylation is 2. The van der Waals surface area contributed by atoms with Crippen LogP contribution in [0.1, 0.15) is 16.4 Å². The number of carbonyl (C=O) groups is 1. The second-order valence-electron chi connectivity index (χ2n) is 3.71. The normalized spacial score (nSPS) is 10.8. The molecule has 0 aliphatic heterocycles. The van der Waals surface area contributed by atoms with E-state index < -0.39 is 5.97 Å². The molecule has 1 N–H and O–H groups in total. The minimum absolute atomic E-state index is 0.0357. The first-order valence-electron chi connectivity index (χ1n) is 5.20. The van der Waals surface area contributed by atoms with Crippen molar-refractivity contribution in [1.29, 1.82) is 0 Å². The molecule has 0 radical (unpaired) electrons. The third kappa shape index (κ3) is 3.08. The second-order valence-corrected chi connectivity index (χ2v) is 6.01. The molecule has 18 heavy (non-hydrogen) atoms. The minimum atomic E-state index is -0.827. The SMILES string of the molecule is Cc1nc(SCc2nncn2C)sc1CC(=O)O. The van der Waals surface area contributed by atoms with Crippen LogP contribution >= 0.6 is 23.1 Å². The molecule has 2 aromatic heterocycles. The number of carboxylic acid groups (broad SMARTS) is 1. The second kappa shape index (κ2) is 5.49. The van der Waals surface area contributed by atoms with Gasteiger partial charge in [0.1, 0.15) is 12.2 Å². The molecular weight excluding hydrogens is 272 g/mol. The van der Waals surface area contributed by atoms with Gasteiger partial charge in [0.25, 0.3) is 0 Å². The van der Waals surface area contributed by atoms with Gasteiger partial charge in [0, 0.05) is 11.9 Å². The highest BCUT2D eigenvalue weighted by Crippen LogP contribution is 2.29. The molecular formula is C10H12N4O2S2. The Morgan fingerprint density at radius 2 is 2.39 bits per heavy atom. The van der Waals surface area contributed by atoms with Crippen LogP contribution in [0.4, 0.5) is 0 Å². The van der Waals surface area contributed by atoms with Crippen molar-refractivity contribution in [3.63, 3.8) is 0 Å². The zero-order chi connectivity index (χ0) is 13.1. The largest absolute Gasteiger partial charge is 0.481 e. The number of thiazole rings is 1. The molecule has 96 valence electrons. The minimum Gasteiger partial charge on any atom is -0.481 e. The predicted octanol–water partition coefficient (Wildman–Crippen LogP) is 1.50. The van der Waals surface area contributed by atoms with E-state index in [0.29, 0.717) is 5.75 Å². The van der Waals surface area contributed by atoms with E-state index in [4.69, 9.17) is 5.11 Å². The molecule has 2 heterocycles. The maximum Gasteiger partial charge on any atom is 0.308 e. The number of aromatic nitrogens is 4. The molecule has 8 heteroatoms. The first-order valence-corrected chi connectivity index (χ1v) is 7.00. The molecule has 2 aromatic rings. The zero-order valence-corrected chi connectivity index (χ0v) is 11.6. The van der Waals surface area contributed by atoms with E-state index in [2.05, 4.69) is 15.2 Å². The van der Waals surface area contributed by atoms with Crippen LogP contribution in [-0.2, 0) is 24.0 Å². The number of hydrogen-bond donors (Lipinski definition) is 1. The third-order valence-corrected chi connectivity index (χ3v) is 4.61. The Labute approximate surface area is 112 Å². The van der Waals surface area contributed by atoms with E-state index in [-0.39, 0.29) is 6.42 Å². The number of hydrogen-bond acceptors (Lipinski definition) is 6. The van der Waals surface area contributed by atoms with Crippen molar-refractivity contribution in [2.45, 2.75) is 23.4 Å². The van der Waals surface area contributed by atoms with Crippen LogP contribution in [-0.4, -0.2) is 30.8 Å². The Bertz CT molecular complexity index is 564. The van der Waals surface area contributed by atoms with Gasteiger partial charge in [-0.25, -0.2) is 4.98 Å². The van der Waals surface area contributed by atoms with Gasteiger partial charge < -0.3 is 9.67 Å². The van der Waals surface area contributed by atoms with Crippen LogP contribution in [0.2, 0.25) is 0 Å². The molecule has 0 aliphatic rings. The summed E-state index contributed by atoms with van der Waals surface area (Å²) < 4.78 is 2.72. The highest BCUT2D eigenvalue weighted by atomic mass is 32.2. The van der Waals surface area contributed by atoms with Crippen LogP contribution < -0.4 is 0 Å². The lowest BCUT2D eigenvalue weighted by molar-refractivity contribution is -0.136. The van der Waals surface area contributed by atoms with Gasteiger partial charge >= 0.3 is 5.97 Å². The number of thioether (sulfide) groups is 1. The van der Waals surface area contributed by atoms with Crippen LogP contribution in [0.15, 0.2) is 10.7 Å². The van der Waals surface area contributed by atoms with Crippen molar-refractivity contribution >= 4 is 29.1 Å². The van der Waals surface area contributed by atoms with Crippen molar-refractivity contribution < 1.29 is 9.90 Å². The van der Waals surface area contributed by atoms with E-state index in [0.717, 1.165) is 20.7 Å². The van der Waals surface area contributed by atoms with Crippen molar-refractivity contribution in [1.82, 2.24) is 19.7 Å². The van der Waals surface area contributed by atoms with Gasteiger partial charge in [-0.3, -0.25) is 4.79 Å². The fraction of sp³-hybridized carbons (Fsp3) is 0.400. The number of rotatable bonds is 5. The van der Waals surface area contributed by atoms with Gasteiger partial charge in [-0.15, -0.1) is 21.5 Å². The summed E-state index contributed by atoms with van der Waals surface area (Å²) in [6, 6.07) is 0. The Hall–Kier alpha value is -1.41. The quantitative estimate of drug-likeness (QED) is 0.838. The smallest absolute Gasteiger partial charge is 0.308 e. The molecule has 6 nitrogen and oxygen atoms in total. The molecule has 0 bridgehead atoms. The summed E-state index contributed by atoms with van der Waals surface area (Å²) in [5.74, 6) is 0.718. The maximum atomic E-state index is 10.7. The highest BCUT2D eigenvalue weighted by Gasteiger charge is 2.12. The van der Waals surface area contributed by atoms with E-state index >= 15 is 0 Å². The molecule has 0 fully saturated rings. The fourth-order valence-electron chi connectivity index (χ4n) is 1.33. The lowest BCUT2D eigenvalue weighted by atomic mass is 10.3. The Balaban J connectivity index is 2.02. The summed E-state index contributed by atoms with van der Waals surface area (Å²) in [6.45, 7) is 1.83. The lowest BCUT2D eigenvalue weighted by Gasteiger charge is -1.96. The number of carboxylic acids is 1. The average Bonchev–Trinajstić information content (AvgIpc) is 2.83. The number of aliphatic carboxylic acids is 1. The summed E-state index contributed by atoms with van der Waals surface area (Å²) in [5, 5.41) is 16.6. The molecule has 2 rings (SSSR count). The highest BCUT2D eigenvalue weighted by molar-refractivity contribution is 8.00. The predicted molar refractivity (Wildman–Crippen MR) is 68.8 cm³/mol. The van der Waals surface area contributed by atoms with Crippen molar-refractivity contribution in [2.75, 3.05) is 0 Å². The van der Waals surface area contributed by atoms with Crippen molar-refractivity contribution in [2.24, 2.45) is 7.05 Å². The van der Waals surface area contributed by atoms with Crippen molar-refractivity contribution in [3.8, 4) is 0 Å². The van der Waals surface area contributed by atoms with Crippen LogP contribution in [0.5, 0.6) is 0 Å². The molecule has 0 aromatic carbocycles. The average molecular weight is 284 g/mol. The Morgan fingerprint density at radius 1 is 1.61 bits per heavy atom. The summed E-state index contributed by atoms with van der Waals surface area (Å²) >= 11 is 2.97. The summed E-state index contributed by atoms with van der Waals surface area (Å²) in [6.07, 6.45) is 1.69. The molecule has 0 saturated heterocycles. The summed E-state index contributed by atoms with van der Waals surface area (Å²) in [5.41, 5.74) is 0.794. The van der Waals surface area contributed by atoms with Crippen LogP contribution in [0, 0.1) is 6.92 Å². The first-order chi connectivity index (χ1) is 8.56. The fourth-order valence-corrected chi connectivity index (χ4v) is 3.54. The van der Waals surface area contributed by atoms with Gasteiger partial charge in [0.05, 0.1) is 17.9 Å². The first kappa shape index (κ1) is 13.0. The molecule has 0 saturated carbocycles. The molecule has 0 spiro atoms. The van der Waals surface area contributed by atoms with Crippen LogP contribution in [0.25, 0.3) is 0 Å². The Morgan fingerprint density at radius 3 is 3.00 bits per heavy atom. The Kier molecular flexibility index (Phi) is 3.97. The standard InChI is InChI=1S/C10H12N4O2S2/c1-6-7(3-9(15)16)18-10(12-6)17-4-8-13-11-5-14(8)2/h5H,3-4H2,1-2H3,(H,15,16). The molecule has 0 atom stereocenters. The van der Waals surface area contributed by atoms with Gasteiger partial charge in [-0.05, 0) is 6.92 Å². The lowest BCUT2D eigenvalue weighted by Crippen LogP contribution is -1.99. The molecule has 0 amide bonds. The number of nitrogens with zero attached hydrogens (tertiary/aromatic N) is 4. The monoisotopic (exact) mass is 284 g/mol. The van der Waals surface area contributed by atoms with Gasteiger partial charge in [-0.1, -0.05) is 11.8 Å². The van der Waals surface area contributed by atoms with Crippen molar-refractivity contribution in [3.05, 3.63) is 22.7 Å². The maximum absolute atomic E-state index is 10.7. The van der Waals surface area contributed by atoms with Gasteiger partial charge in [0.2, 0.25) is 0 Å². The molecule has 0 unspecified atom stereocenters. The zero-order valence-electron chi connectivity index (χ0n) is 9.95. The van der Waals surface area contributed by atoms with E-state index in [9.17, 15) is 4.79 Å². The summed E-state index contributed by atoms with van der Waals surface area (Å²) in [4.78, 5) is 15.8. The third-order valence-electron chi connectivity index (χ3n) is 2.31. The van der Waals surface area contributed by atoms with Gasteiger partial charge in [0.15, 0.2) is 4.34 Å². The topological polar surface area (TPSA) is 80.9 Å². The van der Waals surface area contributed by atoms with Gasteiger partial charge in [-0.2, -0.15) is 0 Å². The van der Waals surface area contributed by atoms with E-state index in [1.807, 2.05) is 18.5 Å². The molecule has 0 aliphatic carbocycles. The van der Waals surface area contributed by atoms with Crippen LogP contribution in [0.3, 0.4) is 0 Å². The van der Waals surface area contributed by atoms with E-state index in [1.54, 1.807) is 18.1 Å². The van der Waals surface area contributed by atoms with E-state index in [1.165, 1.54) is 11.3 Å².